The van der Waals surface area contributed by atoms with E-state index < -0.39 is 0 Å². The van der Waals surface area contributed by atoms with Crippen LogP contribution in [-0.4, -0.2) is 33.7 Å². The molecule has 4 heteroatoms. The van der Waals surface area contributed by atoms with Crippen LogP contribution >= 0.6 is 0 Å². The highest BCUT2D eigenvalue weighted by molar-refractivity contribution is 6.01. The smallest absolute Gasteiger partial charge is 0.254 e. The highest BCUT2D eigenvalue weighted by atomic mass is 16.2. The van der Waals surface area contributed by atoms with Gasteiger partial charge in [0.05, 0.1) is 11.7 Å². The number of hydrogen-bond donors (Lipinski definition) is 0. The summed E-state index contributed by atoms with van der Waals surface area (Å²) < 4.78 is 2.05. The summed E-state index contributed by atoms with van der Waals surface area (Å²) in [5, 5.41) is 4.55. The summed E-state index contributed by atoms with van der Waals surface area (Å²) in [5.74, 6) is 0.0971. The molecular weight excluding hydrogens is 322 g/mol. The molecule has 1 aliphatic rings. The molecule has 26 heavy (non-hydrogen) atoms. The van der Waals surface area contributed by atoms with Gasteiger partial charge in [-0.15, -0.1) is 0 Å². The van der Waals surface area contributed by atoms with Gasteiger partial charge in [0.15, 0.2) is 0 Å². The molecule has 1 saturated heterocycles. The van der Waals surface area contributed by atoms with Crippen molar-refractivity contribution in [3.63, 3.8) is 0 Å². The molecule has 0 aliphatic carbocycles. The van der Waals surface area contributed by atoms with Crippen molar-refractivity contribution in [2.45, 2.75) is 26.8 Å². The molecule has 0 atom stereocenters. The van der Waals surface area contributed by atoms with E-state index in [2.05, 4.69) is 43.2 Å². The topological polar surface area (TPSA) is 38.1 Å². The number of aromatic nitrogens is 2. The standard InChI is InChI=1S/C22H23N3O/c1-15-7-6-8-18(11-15)20-9-4-5-10-21(20)22(26)24-13-19(14-24)25-17(3)12-16(2)23-25/h4-12,19H,13-14H2,1-3H3. The number of amides is 1. The lowest BCUT2D eigenvalue weighted by molar-refractivity contribution is 0.0498. The minimum Gasteiger partial charge on any atom is -0.334 e. The molecule has 0 radical (unpaired) electrons. The molecule has 2 aromatic carbocycles. The SMILES string of the molecule is Cc1cccc(-c2ccccc2C(=O)N2CC(n3nc(C)cc3C)C2)c1. The van der Waals surface area contributed by atoms with Crippen molar-refractivity contribution in [3.8, 4) is 11.1 Å². The van der Waals surface area contributed by atoms with Gasteiger partial charge in [-0.05, 0) is 44.0 Å². The van der Waals surface area contributed by atoms with Gasteiger partial charge in [0.25, 0.3) is 5.91 Å². The first-order valence-corrected chi connectivity index (χ1v) is 9.01. The Labute approximate surface area is 154 Å². The number of hydrogen-bond acceptors (Lipinski definition) is 2. The molecule has 1 aromatic heterocycles. The summed E-state index contributed by atoms with van der Waals surface area (Å²) in [6.07, 6.45) is 0. The first-order chi connectivity index (χ1) is 12.5. The van der Waals surface area contributed by atoms with E-state index in [1.54, 1.807) is 0 Å². The summed E-state index contributed by atoms with van der Waals surface area (Å²) >= 11 is 0. The quantitative estimate of drug-likeness (QED) is 0.714. The van der Waals surface area contributed by atoms with Crippen molar-refractivity contribution in [2.75, 3.05) is 13.1 Å². The van der Waals surface area contributed by atoms with Crippen molar-refractivity contribution < 1.29 is 4.79 Å². The Morgan fingerprint density at radius 2 is 1.77 bits per heavy atom. The van der Waals surface area contributed by atoms with Crippen LogP contribution in [0.3, 0.4) is 0 Å². The molecule has 4 rings (SSSR count). The summed E-state index contributed by atoms with van der Waals surface area (Å²) in [5.41, 5.74) is 6.22. The molecule has 0 spiro atoms. The lowest BCUT2D eigenvalue weighted by Crippen LogP contribution is -2.51. The molecule has 1 aliphatic heterocycles. The van der Waals surface area contributed by atoms with Gasteiger partial charge in [0, 0.05) is 24.3 Å². The van der Waals surface area contributed by atoms with E-state index in [0.717, 1.165) is 28.1 Å². The second-order valence-electron chi connectivity index (χ2n) is 7.15. The van der Waals surface area contributed by atoms with E-state index in [9.17, 15) is 4.79 Å². The second-order valence-corrected chi connectivity index (χ2v) is 7.15. The van der Waals surface area contributed by atoms with Crippen molar-refractivity contribution in [1.29, 1.82) is 0 Å². The summed E-state index contributed by atoms with van der Waals surface area (Å²) in [6.45, 7) is 7.56. The van der Waals surface area contributed by atoms with Gasteiger partial charge < -0.3 is 4.90 Å². The van der Waals surface area contributed by atoms with Gasteiger partial charge in [-0.3, -0.25) is 9.48 Å². The van der Waals surface area contributed by atoms with E-state index in [0.29, 0.717) is 13.1 Å². The number of likely N-dealkylation sites (tertiary alicyclic amines) is 1. The maximum Gasteiger partial charge on any atom is 0.254 e. The second kappa shape index (κ2) is 6.45. The summed E-state index contributed by atoms with van der Waals surface area (Å²) in [4.78, 5) is 15.0. The Balaban J connectivity index is 1.56. The molecular formula is C22H23N3O. The minimum absolute atomic E-state index is 0.0971. The van der Waals surface area contributed by atoms with Crippen molar-refractivity contribution in [2.24, 2.45) is 0 Å². The Morgan fingerprint density at radius 3 is 2.46 bits per heavy atom. The summed E-state index contributed by atoms with van der Waals surface area (Å²) in [6, 6.07) is 18.5. The van der Waals surface area contributed by atoms with E-state index in [1.807, 2.05) is 46.8 Å². The zero-order valence-corrected chi connectivity index (χ0v) is 15.4. The maximum absolute atomic E-state index is 13.1. The third kappa shape index (κ3) is 2.92. The molecule has 1 fully saturated rings. The van der Waals surface area contributed by atoms with Crippen LogP contribution in [0.1, 0.15) is 33.4 Å². The van der Waals surface area contributed by atoms with E-state index in [-0.39, 0.29) is 11.9 Å². The lowest BCUT2D eigenvalue weighted by Gasteiger charge is -2.40. The number of aryl methyl sites for hydroxylation is 3. The predicted octanol–water partition coefficient (Wildman–Crippen LogP) is 4.17. The molecule has 3 aromatic rings. The third-order valence-electron chi connectivity index (χ3n) is 5.03. The highest BCUT2D eigenvalue weighted by Gasteiger charge is 2.34. The monoisotopic (exact) mass is 345 g/mol. The lowest BCUT2D eigenvalue weighted by atomic mass is 9.96. The number of carbonyl (C=O) groups is 1. The van der Waals surface area contributed by atoms with Crippen LogP contribution in [0.25, 0.3) is 11.1 Å². The van der Waals surface area contributed by atoms with Crippen LogP contribution < -0.4 is 0 Å². The van der Waals surface area contributed by atoms with Gasteiger partial charge in [0.1, 0.15) is 0 Å². The van der Waals surface area contributed by atoms with Gasteiger partial charge in [-0.25, -0.2) is 0 Å². The van der Waals surface area contributed by atoms with Crippen LogP contribution in [0, 0.1) is 20.8 Å². The molecule has 0 unspecified atom stereocenters. The van der Waals surface area contributed by atoms with E-state index in [4.69, 9.17) is 0 Å². The van der Waals surface area contributed by atoms with Crippen molar-refractivity contribution in [3.05, 3.63) is 77.1 Å². The molecule has 0 bridgehead atoms. The first kappa shape index (κ1) is 16.6. The third-order valence-corrected chi connectivity index (χ3v) is 5.03. The Hall–Kier alpha value is -2.88. The molecule has 2 heterocycles. The highest BCUT2D eigenvalue weighted by Crippen LogP contribution is 2.29. The minimum atomic E-state index is 0.0971. The fraction of sp³-hybridized carbons (Fsp3) is 0.273. The van der Waals surface area contributed by atoms with Crippen molar-refractivity contribution in [1.82, 2.24) is 14.7 Å². The Bertz CT molecular complexity index is 967. The van der Waals surface area contributed by atoms with E-state index in [1.165, 1.54) is 5.56 Å². The van der Waals surface area contributed by atoms with Gasteiger partial charge in [-0.1, -0.05) is 48.0 Å². The van der Waals surface area contributed by atoms with Crippen LogP contribution in [0.4, 0.5) is 0 Å². The molecule has 4 nitrogen and oxygen atoms in total. The van der Waals surface area contributed by atoms with Crippen LogP contribution in [0.2, 0.25) is 0 Å². The average molecular weight is 345 g/mol. The van der Waals surface area contributed by atoms with E-state index >= 15 is 0 Å². The summed E-state index contributed by atoms with van der Waals surface area (Å²) in [7, 11) is 0. The van der Waals surface area contributed by atoms with Crippen LogP contribution in [-0.2, 0) is 0 Å². The number of rotatable bonds is 3. The Morgan fingerprint density at radius 1 is 1.00 bits per heavy atom. The molecule has 0 saturated carbocycles. The van der Waals surface area contributed by atoms with Gasteiger partial charge in [0.2, 0.25) is 0 Å². The van der Waals surface area contributed by atoms with Gasteiger partial charge >= 0.3 is 0 Å². The molecule has 132 valence electrons. The first-order valence-electron chi connectivity index (χ1n) is 9.01. The number of benzene rings is 2. The zero-order valence-electron chi connectivity index (χ0n) is 15.4. The van der Waals surface area contributed by atoms with Gasteiger partial charge in [-0.2, -0.15) is 5.10 Å². The Kier molecular flexibility index (Phi) is 4.11. The van der Waals surface area contributed by atoms with Crippen molar-refractivity contribution >= 4 is 5.91 Å². The molecule has 0 N–H and O–H groups in total. The predicted molar refractivity (Wildman–Crippen MR) is 103 cm³/mol. The largest absolute Gasteiger partial charge is 0.334 e. The number of carbonyl (C=O) groups excluding carboxylic acids is 1. The number of nitrogens with zero attached hydrogens (tertiary/aromatic N) is 3. The average Bonchev–Trinajstić information content (AvgIpc) is 2.91. The van der Waals surface area contributed by atoms with Crippen LogP contribution in [0.15, 0.2) is 54.6 Å². The van der Waals surface area contributed by atoms with Crippen LogP contribution in [0.5, 0.6) is 0 Å². The fourth-order valence-corrected chi connectivity index (χ4v) is 3.70. The normalized spacial score (nSPS) is 14.3. The fourth-order valence-electron chi connectivity index (χ4n) is 3.70. The zero-order chi connectivity index (χ0) is 18.3. The molecule has 1 amide bonds. The maximum atomic E-state index is 13.1.